The average Bonchev–Trinajstić information content (AvgIpc) is 2.74. The first-order valence-electron chi connectivity index (χ1n) is 6.05. The number of aryl methyl sites for hydroxylation is 3. The van der Waals surface area contributed by atoms with Gasteiger partial charge in [0.2, 0.25) is 0 Å². The van der Waals surface area contributed by atoms with Crippen LogP contribution in [0.3, 0.4) is 0 Å². The van der Waals surface area contributed by atoms with E-state index in [2.05, 4.69) is 41.3 Å². The van der Waals surface area contributed by atoms with Crippen LogP contribution < -0.4 is 0 Å². The van der Waals surface area contributed by atoms with Gasteiger partial charge in [0.15, 0.2) is 0 Å². The maximum absolute atomic E-state index is 11.8. The molecule has 4 heteroatoms. The molecule has 0 amide bonds. The summed E-state index contributed by atoms with van der Waals surface area (Å²) in [6.45, 7) is 2.06. The highest BCUT2D eigenvalue weighted by Gasteiger charge is 2.08. The quantitative estimate of drug-likeness (QED) is 0.805. The van der Waals surface area contributed by atoms with E-state index in [9.17, 15) is 4.79 Å². The first-order valence-corrected chi connectivity index (χ1v) is 6.05. The summed E-state index contributed by atoms with van der Waals surface area (Å²) in [7, 11) is 1.80. The third kappa shape index (κ3) is 3.26. The molecule has 0 N–H and O–H groups in total. The van der Waals surface area contributed by atoms with Crippen molar-refractivity contribution in [3.8, 4) is 0 Å². The topological polar surface area (TPSA) is 47.8 Å². The number of Topliss-reactive ketones (excluding diaryl/α,β-unsaturated/α-hetero) is 1. The Kier molecular flexibility index (Phi) is 3.87. The van der Waals surface area contributed by atoms with Crippen LogP contribution in [0.4, 0.5) is 0 Å². The second kappa shape index (κ2) is 5.58. The molecule has 1 heterocycles. The number of carbonyl (C=O) groups is 1. The largest absolute Gasteiger partial charge is 0.299 e. The second-order valence-electron chi connectivity index (χ2n) is 4.50. The summed E-state index contributed by atoms with van der Waals surface area (Å²) in [5.74, 6) is 0.926. The van der Waals surface area contributed by atoms with Crippen LogP contribution in [0, 0.1) is 6.92 Å². The number of benzene rings is 1. The van der Waals surface area contributed by atoms with E-state index in [1.807, 2.05) is 0 Å². The van der Waals surface area contributed by atoms with E-state index in [4.69, 9.17) is 0 Å². The first kappa shape index (κ1) is 12.5. The van der Waals surface area contributed by atoms with Crippen molar-refractivity contribution in [2.75, 3.05) is 0 Å². The van der Waals surface area contributed by atoms with Crippen molar-refractivity contribution >= 4 is 5.78 Å². The molecule has 0 unspecified atom stereocenters. The van der Waals surface area contributed by atoms with Gasteiger partial charge in [0.25, 0.3) is 0 Å². The average molecular weight is 243 g/mol. The Morgan fingerprint density at radius 1 is 1.28 bits per heavy atom. The molecule has 0 radical (unpaired) electrons. The zero-order valence-electron chi connectivity index (χ0n) is 10.8. The highest BCUT2D eigenvalue weighted by molar-refractivity contribution is 5.80. The van der Waals surface area contributed by atoms with Crippen molar-refractivity contribution in [3.63, 3.8) is 0 Å². The number of hydrogen-bond acceptors (Lipinski definition) is 3. The molecule has 2 rings (SSSR count). The Bertz CT molecular complexity index is 528. The number of hydrogen-bond donors (Lipinski definition) is 0. The lowest BCUT2D eigenvalue weighted by Gasteiger charge is -2.02. The monoisotopic (exact) mass is 243 g/mol. The molecular weight excluding hydrogens is 226 g/mol. The second-order valence-corrected chi connectivity index (χ2v) is 4.50. The zero-order chi connectivity index (χ0) is 13.0. The lowest BCUT2D eigenvalue weighted by molar-refractivity contribution is -0.118. The Balaban J connectivity index is 1.85. The molecule has 0 bridgehead atoms. The van der Waals surface area contributed by atoms with Gasteiger partial charge >= 0.3 is 0 Å². The van der Waals surface area contributed by atoms with E-state index < -0.39 is 0 Å². The van der Waals surface area contributed by atoms with Crippen LogP contribution in [0.2, 0.25) is 0 Å². The predicted molar refractivity (Wildman–Crippen MR) is 69.2 cm³/mol. The fourth-order valence-electron chi connectivity index (χ4n) is 1.78. The van der Waals surface area contributed by atoms with Gasteiger partial charge in [-0.1, -0.05) is 29.8 Å². The third-order valence-electron chi connectivity index (χ3n) is 2.97. The maximum atomic E-state index is 11.8. The van der Waals surface area contributed by atoms with Gasteiger partial charge < -0.3 is 0 Å². The van der Waals surface area contributed by atoms with Crippen LogP contribution in [0.5, 0.6) is 0 Å². The molecule has 94 valence electrons. The van der Waals surface area contributed by atoms with Gasteiger partial charge in [-0.15, -0.1) is 0 Å². The van der Waals surface area contributed by atoms with Crippen LogP contribution in [-0.4, -0.2) is 20.5 Å². The van der Waals surface area contributed by atoms with Crippen molar-refractivity contribution in [3.05, 3.63) is 47.5 Å². The van der Waals surface area contributed by atoms with Gasteiger partial charge in [-0.3, -0.25) is 9.48 Å². The Hall–Kier alpha value is -1.97. The number of carbonyl (C=O) groups excluding carboxylic acids is 1. The van der Waals surface area contributed by atoms with Gasteiger partial charge in [-0.2, -0.15) is 5.10 Å². The molecule has 1 aromatic carbocycles. The first-order chi connectivity index (χ1) is 8.65. The van der Waals surface area contributed by atoms with E-state index in [0.717, 1.165) is 12.2 Å². The normalized spacial score (nSPS) is 10.6. The minimum atomic E-state index is 0.201. The smallest absolute Gasteiger partial charge is 0.140 e. The van der Waals surface area contributed by atoms with Gasteiger partial charge in [0.1, 0.15) is 17.9 Å². The van der Waals surface area contributed by atoms with Gasteiger partial charge in [0, 0.05) is 13.5 Å². The number of nitrogens with zero attached hydrogens (tertiary/aromatic N) is 3. The number of ketones is 1. The van der Waals surface area contributed by atoms with Crippen LogP contribution in [-0.2, 0) is 24.7 Å². The lowest BCUT2D eigenvalue weighted by atomic mass is 10.0. The molecule has 0 spiro atoms. The summed E-state index contributed by atoms with van der Waals surface area (Å²) in [6, 6.07) is 8.29. The Morgan fingerprint density at radius 2 is 2.00 bits per heavy atom. The molecule has 0 saturated carbocycles. The van der Waals surface area contributed by atoms with Crippen molar-refractivity contribution in [1.29, 1.82) is 0 Å². The van der Waals surface area contributed by atoms with Crippen LogP contribution >= 0.6 is 0 Å². The van der Waals surface area contributed by atoms with Gasteiger partial charge in [0.05, 0.1) is 6.42 Å². The van der Waals surface area contributed by atoms with Crippen LogP contribution in [0.1, 0.15) is 23.4 Å². The van der Waals surface area contributed by atoms with Crippen LogP contribution in [0.15, 0.2) is 30.6 Å². The van der Waals surface area contributed by atoms with Crippen molar-refractivity contribution in [2.24, 2.45) is 7.05 Å². The molecule has 18 heavy (non-hydrogen) atoms. The summed E-state index contributed by atoms with van der Waals surface area (Å²) in [5, 5.41) is 3.95. The van der Waals surface area contributed by atoms with Crippen molar-refractivity contribution in [2.45, 2.75) is 26.2 Å². The summed E-state index contributed by atoms with van der Waals surface area (Å²) in [6.07, 6.45) is 3.18. The maximum Gasteiger partial charge on any atom is 0.140 e. The van der Waals surface area contributed by atoms with E-state index >= 15 is 0 Å². The molecule has 0 atom stereocenters. The van der Waals surface area contributed by atoms with Crippen LogP contribution in [0.25, 0.3) is 0 Å². The van der Waals surface area contributed by atoms with Crippen molar-refractivity contribution < 1.29 is 4.79 Å². The lowest BCUT2D eigenvalue weighted by Crippen LogP contribution is -2.09. The van der Waals surface area contributed by atoms with E-state index in [-0.39, 0.29) is 5.78 Å². The minimum Gasteiger partial charge on any atom is -0.299 e. The molecular formula is C14H17N3O. The van der Waals surface area contributed by atoms with Gasteiger partial charge in [-0.25, -0.2) is 4.98 Å². The molecule has 0 aliphatic heterocycles. The standard InChI is InChI=1S/C14H17N3O/c1-11-3-5-12(6-4-11)7-8-13(18)9-14-15-10-16-17(14)2/h3-6,10H,7-9H2,1-2H3. The van der Waals surface area contributed by atoms with E-state index in [1.165, 1.54) is 17.5 Å². The molecule has 4 nitrogen and oxygen atoms in total. The summed E-state index contributed by atoms with van der Waals surface area (Å²) in [4.78, 5) is 15.9. The fourth-order valence-corrected chi connectivity index (χ4v) is 1.78. The molecule has 0 aliphatic rings. The van der Waals surface area contributed by atoms with Gasteiger partial charge in [-0.05, 0) is 18.9 Å². The SMILES string of the molecule is Cc1ccc(CCC(=O)Cc2ncnn2C)cc1. The third-order valence-corrected chi connectivity index (χ3v) is 2.97. The van der Waals surface area contributed by atoms with E-state index in [0.29, 0.717) is 12.8 Å². The summed E-state index contributed by atoms with van der Waals surface area (Å²) < 4.78 is 1.64. The zero-order valence-corrected chi connectivity index (χ0v) is 10.8. The van der Waals surface area contributed by atoms with E-state index in [1.54, 1.807) is 11.7 Å². The molecule has 0 fully saturated rings. The molecule has 2 aromatic rings. The molecule has 0 saturated heterocycles. The number of rotatable bonds is 5. The summed E-state index contributed by atoms with van der Waals surface area (Å²) in [5.41, 5.74) is 2.44. The Morgan fingerprint density at radius 3 is 2.61 bits per heavy atom. The number of aromatic nitrogens is 3. The summed E-state index contributed by atoms with van der Waals surface area (Å²) >= 11 is 0. The molecule has 0 aliphatic carbocycles. The highest BCUT2D eigenvalue weighted by Crippen LogP contribution is 2.07. The fraction of sp³-hybridized carbons (Fsp3) is 0.357. The molecule has 1 aromatic heterocycles. The Labute approximate surface area is 107 Å². The van der Waals surface area contributed by atoms with Crippen molar-refractivity contribution in [1.82, 2.24) is 14.8 Å². The predicted octanol–water partition coefficient (Wildman–Crippen LogP) is 1.87. The highest BCUT2D eigenvalue weighted by atomic mass is 16.1. The minimum absolute atomic E-state index is 0.201.